The van der Waals surface area contributed by atoms with Crippen LogP contribution in [0.3, 0.4) is 0 Å². The molecule has 0 spiro atoms. The maximum atomic E-state index is 11.2. The molecule has 4 nitrogen and oxygen atoms in total. The van der Waals surface area contributed by atoms with Gasteiger partial charge < -0.3 is 14.2 Å². The molecule has 4 heteroatoms. The predicted octanol–water partition coefficient (Wildman–Crippen LogP) is 2.56. The molecule has 0 radical (unpaired) electrons. The van der Waals surface area contributed by atoms with Crippen LogP contribution in [0.1, 0.15) is 13.3 Å². The minimum atomic E-state index is -0.270. The van der Waals surface area contributed by atoms with Crippen molar-refractivity contribution in [1.82, 2.24) is 0 Å². The van der Waals surface area contributed by atoms with E-state index in [9.17, 15) is 4.79 Å². The van der Waals surface area contributed by atoms with Crippen LogP contribution in [-0.2, 0) is 19.0 Å². The van der Waals surface area contributed by atoms with E-state index < -0.39 is 0 Å². The average molecular weight is 282 g/mol. The number of hydrogen-bond acceptors (Lipinski definition) is 4. The minimum absolute atomic E-state index is 0.0359. The van der Waals surface area contributed by atoms with Gasteiger partial charge in [-0.1, -0.05) is 25.7 Å². The number of ketones is 1. The van der Waals surface area contributed by atoms with Crippen LogP contribution in [0.4, 0.5) is 0 Å². The quantitative estimate of drug-likeness (QED) is 0.279. The Morgan fingerprint density at radius 3 is 1.90 bits per heavy atom. The third-order valence-corrected chi connectivity index (χ3v) is 2.92. The Balaban J connectivity index is 4.44. The van der Waals surface area contributed by atoms with E-state index in [1.54, 1.807) is 12.2 Å². The number of ether oxygens (including phenoxy) is 3. The van der Waals surface area contributed by atoms with Gasteiger partial charge in [0, 0.05) is 5.41 Å². The van der Waals surface area contributed by atoms with Crippen molar-refractivity contribution in [2.24, 2.45) is 5.41 Å². The highest BCUT2D eigenvalue weighted by atomic mass is 16.5. The molecule has 0 aliphatic heterocycles. The molecule has 0 saturated heterocycles. The van der Waals surface area contributed by atoms with Gasteiger partial charge in [-0.05, 0) is 12.5 Å². The van der Waals surface area contributed by atoms with Gasteiger partial charge >= 0.3 is 0 Å². The summed E-state index contributed by atoms with van der Waals surface area (Å²) in [5.74, 6) is -0.131. The van der Waals surface area contributed by atoms with Crippen molar-refractivity contribution in [1.29, 1.82) is 0 Å². The molecule has 0 N–H and O–H groups in total. The third-order valence-electron chi connectivity index (χ3n) is 2.92. The number of carbonyl (C=O) groups excluding carboxylic acids is 1. The fourth-order valence-electron chi connectivity index (χ4n) is 1.58. The Morgan fingerprint density at radius 1 is 1.00 bits per heavy atom. The maximum Gasteiger partial charge on any atom is 0.180 e. The van der Waals surface area contributed by atoms with Crippen LogP contribution in [0, 0.1) is 5.41 Å². The third kappa shape index (κ3) is 8.04. The lowest BCUT2D eigenvalue weighted by Crippen LogP contribution is -2.37. The first-order valence-corrected chi connectivity index (χ1v) is 6.74. The van der Waals surface area contributed by atoms with Gasteiger partial charge in [0.1, 0.15) is 6.61 Å². The highest BCUT2D eigenvalue weighted by molar-refractivity contribution is 5.90. The molecule has 0 unspecified atom stereocenters. The summed E-state index contributed by atoms with van der Waals surface area (Å²) in [6, 6.07) is 0. The van der Waals surface area contributed by atoms with Crippen molar-refractivity contribution < 1.29 is 19.0 Å². The molecular formula is C16H26O4. The first kappa shape index (κ1) is 18.8. The molecule has 0 amide bonds. The fraction of sp³-hybridized carbons (Fsp3) is 0.562. The maximum absolute atomic E-state index is 11.2. The van der Waals surface area contributed by atoms with Crippen LogP contribution in [-0.4, -0.2) is 45.4 Å². The van der Waals surface area contributed by atoms with Gasteiger partial charge in [0.15, 0.2) is 5.78 Å². The molecule has 0 fully saturated rings. The molecule has 20 heavy (non-hydrogen) atoms. The van der Waals surface area contributed by atoms with Crippen molar-refractivity contribution >= 4 is 5.78 Å². The van der Waals surface area contributed by atoms with Crippen LogP contribution in [0.25, 0.3) is 0 Å². The largest absolute Gasteiger partial charge is 0.377 e. The molecular weight excluding hydrogens is 256 g/mol. The van der Waals surface area contributed by atoms with Gasteiger partial charge in [-0.3, -0.25) is 4.79 Å². The summed E-state index contributed by atoms with van der Waals surface area (Å²) in [4.78, 5) is 11.2. The van der Waals surface area contributed by atoms with E-state index in [0.717, 1.165) is 6.42 Å². The van der Waals surface area contributed by atoms with Crippen LogP contribution < -0.4 is 0 Å². The first-order valence-electron chi connectivity index (χ1n) is 6.74. The molecule has 0 rings (SSSR count). The summed E-state index contributed by atoms with van der Waals surface area (Å²) in [6.07, 6.45) is 5.49. The topological polar surface area (TPSA) is 44.8 Å². The number of rotatable bonds is 14. The molecule has 0 aromatic rings. The molecule has 0 aliphatic rings. The van der Waals surface area contributed by atoms with E-state index in [1.165, 1.54) is 6.08 Å². The Kier molecular flexibility index (Phi) is 10.9. The summed E-state index contributed by atoms with van der Waals surface area (Å²) in [6.45, 7) is 15.1. The van der Waals surface area contributed by atoms with E-state index in [4.69, 9.17) is 14.2 Å². The van der Waals surface area contributed by atoms with Gasteiger partial charge in [0.25, 0.3) is 0 Å². The summed E-state index contributed by atoms with van der Waals surface area (Å²) in [5.41, 5.74) is -0.270. The van der Waals surface area contributed by atoms with Gasteiger partial charge in [0.05, 0.1) is 33.0 Å². The number of carbonyl (C=O) groups is 1. The summed E-state index contributed by atoms with van der Waals surface area (Å²) < 4.78 is 16.6. The van der Waals surface area contributed by atoms with Crippen molar-refractivity contribution in [2.45, 2.75) is 13.3 Å². The van der Waals surface area contributed by atoms with Crippen LogP contribution in [0.5, 0.6) is 0 Å². The van der Waals surface area contributed by atoms with Crippen LogP contribution >= 0.6 is 0 Å². The van der Waals surface area contributed by atoms with Crippen molar-refractivity contribution in [3.8, 4) is 0 Å². The van der Waals surface area contributed by atoms with Crippen LogP contribution in [0.15, 0.2) is 38.0 Å². The minimum Gasteiger partial charge on any atom is -0.377 e. The average Bonchev–Trinajstić information content (AvgIpc) is 2.47. The standard InChI is InChI=1S/C16H26O4/c1-5-9-18-12-16(8-4,13-19-10-6-2)14-20-11-15(17)7-3/h5-7H,1-3,8-14H2,4H3. The molecule has 0 atom stereocenters. The molecule has 114 valence electrons. The SMILES string of the molecule is C=CCOCC(CC)(COCC=C)COCC(=O)C=C. The second-order valence-electron chi connectivity index (χ2n) is 4.62. The molecule has 0 heterocycles. The molecule has 0 saturated carbocycles. The Morgan fingerprint density at radius 2 is 1.50 bits per heavy atom. The predicted molar refractivity (Wildman–Crippen MR) is 80.8 cm³/mol. The second kappa shape index (κ2) is 11.6. The van der Waals surface area contributed by atoms with E-state index in [-0.39, 0.29) is 17.8 Å². The Hall–Kier alpha value is -1.23. The van der Waals surface area contributed by atoms with Crippen molar-refractivity contribution in [3.05, 3.63) is 38.0 Å². The molecule has 0 aromatic heterocycles. The Bertz CT molecular complexity index is 296. The van der Waals surface area contributed by atoms with Gasteiger partial charge in [-0.25, -0.2) is 0 Å². The van der Waals surface area contributed by atoms with Crippen molar-refractivity contribution in [3.63, 3.8) is 0 Å². The smallest absolute Gasteiger partial charge is 0.180 e. The molecule has 0 aromatic carbocycles. The lowest BCUT2D eigenvalue weighted by Gasteiger charge is -2.31. The monoisotopic (exact) mass is 282 g/mol. The highest BCUT2D eigenvalue weighted by Crippen LogP contribution is 2.24. The van der Waals surface area contributed by atoms with Crippen molar-refractivity contribution in [2.75, 3.05) is 39.6 Å². The van der Waals surface area contributed by atoms with Gasteiger partial charge in [-0.15, -0.1) is 13.2 Å². The summed E-state index contributed by atoms with van der Waals surface area (Å²) in [7, 11) is 0. The summed E-state index contributed by atoms with van der Waals surface area (Å²) in [5, 5.41) is 0. The lowest BCUT2D eigenvalue weighted by atomic mass is 9.88. The van der Waals surface area contributed by atoms with E-state index >= 15 is 0 Å². The van der Waals surface area contributed by atoms with Crippen LogP contribution in [0.2, 0.25) is 0 Å². The first-order chi connectivity index (χ1) is 9.64. The fourth-order valence-corrected chi connectivity index (χ4v) is 1.58. The second-order valence-corrected chi connectivity index (χ2v) is 4.62. The lowest BCUT2D eigenvalue weighted by molar-refractivity contribution is -0.122. The van der Waals surface area contributed by atoms with Gasteiger partial charge in [-0.2, -0.15) is 0 Å². The highest BCUT2D eigenvalue weighted by Gasteiger charge is 2.29. The Labute approximate surface area is 122 Å². The zero-order chi connectivity index (χ0) is 15.3. The molecule has 0 bridgehead atoms. The van der Waals surface area contributed by atoms with E-state index in [2.05, 4.69) is 19.7 Å². The zero-order valence-corrected chi connectivity index (χ0v) is 12.4. The summed E-state index contributed by atoms with van der Waals surface area (Å²) >= 11 is 0. The normalized spacial score (nSPS) is 11.1. The van der Waals surface area contributed by atoms with E-state index in [0.29, 0.717) is 33.0 Å². The van der Waals surface area contributed by atoms with E-state index in [1.807, 2.05) is 6.92 Å². The molecule has 0 aliphatic carbocycles. The van der Waals surface area contributed by atoms with Gasteiger partial charge in [0.2, 0.25) is 0 Å². The zero-order valence-electron chi connectivity index (χ0n) is 12.4. The number of hydrogen-bond donors (Lipinski definition) is 0.